The second-order valence-electron chi connectivity index (χ2n) is 3.73. The van der Waals surface area contributed by atoms with Crippen LogP contribution < -0.4 is 20.6 Å². The fraction of sp³-hybridized carbons (Fsp3) is 0.364. The van der Waals surface area contributed by atoms with Gasteiger partial charge < -0.3 is 0 Å². The molecule has 4 nitrogen and oxygen atoms in total. The Labute approximate surface area is 119 Å². The normalized spacial score (nSPS) is 16.8. The summed E-state index contributed by atoms with van der Waals surface area (Å²) < 4.78 is 1.95. The summed E-state index contributed by atoms with van der Waals surface area (Å²) in [6.07, 6.45) is 0.907. The smallest absolute Gasteiger partial charge is 0.271 e. The van der Waals surface area contributed by atoms with E-state index in [1.165, 1.54) is 0 Å². The fourth-order valence-electron chi connectivity index (χ4n) is 1.70. The molecule has 0 saturated carbocycles. The van der Waals surface area contributed by atoms with Crippen molar-refractivity contribution in [1.82, 2.24) is 9.89 Å². The van der Waals surface area contributed by atoms with Crippen LogP contribution in [0.25, 0.3) is 0 Å². The van der Waals surface area contributed by atoms with Gasteiger partial charge in [0, 0.05) is 45.7 Å². The Hall–Kier alpha value is -0.446. The number of hydrogen-bond acceptors (Lipinski definition) is 3. The molecule has 1 aliphatic rings. The van der Waals surface area contributed by atoms with E-state index in [1.54, 1.807) is 7.05 Å². The van der Waals surface area contributed by atoms with E-state index >= 15 is 0 Å². The monoisotopic (exact) mass is 293 g/mol. The molecule has 1 aromatic rings. The number of aldehydes is 1. The van der Waals surface area contributed by atoms with Crippen LogP contribution in [-0.2, 0) is 37.5 Å². The molecule has 0 fully saturated rings. The maximum atomic E-state index is 11.1. The molecule has 1 atom stereocenters. The molecule has 0 aliphatic carbocycles. The van der Waals surface area contributed by atoms with E-state index < -0.39 is 5.66 Å². The average Bonchev–Trinajstić information content (AvgIpc) is 2.72. The van der Waals surface area contributed by atoms with Gasteiger partial charge in [-0.3, -0.25) is 10.1 Å². The second kappa shape index (κ2) is 5.26. The number of nitrogens with zero attached hydrogens (tertiary/aromatic N) is 2. The molecule has 0 spiro atoms. The number of fused-ring (bicyclic) bond motifs is 1. The molecule has 16 heavy (non-hydrogen) atoms. The van der Waals surface area contributed by atoms with Crippen molar-refractivity contribution >= 4 is 6.29 Å². The summed E-state index contributed by atoms with van der Waals surface area (Å²) in [6, 6.07) is 7.83. The molecule has 0 amide bonds. The number of benzene rings is 1. The third-order valence-electron chi connectivity index (χ3n) is 2.85. The van der Waals surface area contributed by atoms with E-state index in [2.05, 4.69) is 10.3 Å². The van der Waals surface area contributed by atoms with Crippen LogP contribution in [-0.4, -0.2) is 25.7 Å². The molecule has 0 saturated heterocycles. The topological polar surface area (TPSA) is 44.5 Å². The third kappa shape index (κ3) is 2.15. The van der Waals surface area contributed by atoms with E-state index in [0.29, 0.717) is 6.67 Å². The van der Waals surface area contributed by atoms with Gasteiger partial charge in [-0.2, -0.15) is 4.58 Å². The van der Waals surface area contributed by atoms with Gasteiger partial charge in [-0.25, -0.2) is 4.99 Å². The van der Waals surface area contributed by atoms with Crippen molar-refractivity contribution in [3.8, 4) is 0 Å². The fourth-order valence-corrected chi connectivity index (χ4v) is 1.70. The molecule has 1 radical (unpaired) electrons. The molecule has 5 heteroatoms. The summed E-state index contributed by atoms with van der Waals surface area (Å²) in [4.78, 5) is 15.5. The Balaban J connectivity index is 0.00000128. The van der Waals surface area contributed by atoms with Gasteiger partial charge in [-0.15, -0.1) is 0 Å². The minimum absolute atomic E-state index is 0. The second-order valence-corrected chi connectivity index (χ2v) is 3.73. The Morgan fingerprint density at radius 3 is 2.81 bits per heavy atom. The maximum absolute atomic E-state index is 11.1. The van der Waals surface area contributed by atoms with Crippen molar-refractivity contribution < 1.29 is 37.5 Å². The van der Waals surface area contributed by atoms with Gasteiger partial charge in [-0.05, 0) is 13.1 Å². The van der Waals surface area contributed by atoms with Gasteiger partial charge in [0.1, 0.15) is 5.36 Å². The van der Waals surface area contributed by atoms with Gasteiger partial charge in [0.2, 0.25) is 18.3 Å². The van der Waals surface area contributed by atoms with Crippen molar-refractivity contribution in [1.29, 1.82) is 0 Å². The van der Waals surface area contributed by atoms with Crippen molar-refractivity contribution in [3.63, 3.8) is 0 Å². The quantitative estimate of drug-likeness (QED) is 0.568. The van der Waals surface area contributed by atoms with E-state index in [0.717, 1.165) is 17.0 Å². The zero-order chi connectivity index (χ0) is 10.9. The van der Waals surface area contributed by atoms with Gasteiger partial charge in [0.25, 0.3) is 5.66 Å². The number of hydrogen-bond donors (Lipinski definition) is 1. The van der Waals surface area contributed by atoms with E-state index in [9.17, 15) is 4.79 Å². The van der Waals surface area contributed by atoms with Crippen LogP contribution in [0.15, 0.2) is 29.3 Å². The predicted octanol–water partition coefficient (Wildman–Crippen LogP) is -1.10. The molecule has 81 valence electrons. The molecule has 1 aliphatic heterocycles. The standard InChI is InChI=1S/C11H14N3O.Y/c1-11(7-15,12-2)14-8-13-9-5-3-4-6-10(9)14;/h3-7,12H,8H2,1-2H3;/q+1;. The molecule has 0 bridgehead atoms. The number of rotatable bonds is 3. The van der Waals surface area contributed by atoms with Gasteiger partial charge in [0.05, 0.1) is 0 Å². The zero-order valence-corrected chi connectivity index (χ0v) is 12.3. The number of likely N-dealkylation sites (N-methyl/N-ethyl adjacent to an activating group) is 1. The minimum atomic E-state index is -0.684. The predicted molar refractivity (Wildman–Crippen MR) is 56.9 cm³/mol. The summed E-state index contributed by atoms with van der Waals surface area (Å²) in [5.41, 5.74) is -0.684. The van der Waals surface area contributed by atoms with Gasteiger partial charge >= 0.3 is 0 Å². The van der Waals surface area contributed by atoms with Crippen LogP contribution in [0.2, 0.25) is 0 Å². The first-order valence-electron chi connectivity index (χ1n) is 4.91. The summed E-state index contributed by atoms with van der Waals surface area (Å²) in [5.74, 6) is 0. The van der Waals surface area contributed by atoms with Crippen molar-refractivity contribution in [2.75, 3.05) is 13.7 Å². The molecular formula is C11H14N3OY+. The molecule has 2 rings (SSSR count). The van der Waals surface area contributed by atoms with Crippen LogP contribution in [0.1, 0.15) is 6.92 Å². The molecular weight excluding hydrogens is 279 g/mol. The molecule has 0 aromatic heterocycles. The van der Waals surface area contributed by atoms with Crippen LogP contribution in [0, 0.1) is 0 Å². The molecule has 1 heterocycles. The number of carbonyl (C=O) groups excluding carboxylic acids is 1. The van der Waals surface area contributed by atoms with Crippen LogP contribution in [0.4, 0.5) is 0 Å². The summed E-state index contributed by atoms with van der Waals surface area (Å²) >= 11 is 0. The summed E-state index contributed by atoms with van der Waals surface area (Å²) in [5, 5.41) is 4.96. The molecule has 1 aromatic carbocycles. The average molecular weight is 293 g/mol. The van der Waals surface area contributed by atoms with Crippen LogP contribution >= 0.6 is 0 Å². The zero-order valence-electron chi connectivity index (χ0n) is 9.47. The Morgan fingerprint density at radius 1 is 1.50 bits per heavy atom. The van der Waals surface area contributed by atoms with E-state index in [-0.39, 0.29) is 32.7 Å². The van der Waals surface area contributed by atoms with E-state index in [1.807, 2.05) is 35.8 Å². The SMILES string of the molecule is CNC(C)(C=O)[N+]1=c2ccccc2=NC1.[Y]. The number of nitrogens with one attached hydrogen (secondary N) is 1. The maximum Gasteiger partial charge on any atom is 0.271 e. The molecule has 1 N–H and O–H groups in total. The first-order chi connectivity index (χ1) is 7.21. The minimum Gasteiger partial charge on any atom is -0.294 e. The van der Waals surface area contributed by atoms with Crippen LogP contribution in [0.3, 0.4) is 0 Å². The first-order valence-corrected chi connectivity index (χ1v) is 4.91. The Morgan fingerprint density at radius 2 is 2.19 bits per heavy atom. The van der Waals surface area contributed by atoms with Gasteiger partial charge in [-0.1, -0.05) is 12.1 Å². The van der Waals surface area contributed by atoms with Gasteiger partial charge in [0.15, 0.2) is 0 Å². The Kier molecular flexibility index (Phi) is 4.47. The summed E-state index contributed by atoms with van der Waals surface area (Å²) in [7, 11) is 1.77. The summed E-state index contributed by atoms with van der Waals surface area (Å²) in [6.45, 7) is 2.37. The number of carbonyl (C=O) groups is 1. The number of para-hydroxylation sites is 2. The Bertz CT molecular complexity index is 514. The molecule has 1 unspecified atom stereocenters. The van der Waals surface area contributed by atoms with Crippen molar-refractivity contribution in [2.45, 2.75) is 12.6 Å². The van der Waals surface area contributed by atoms with Crippen molar-refractivity contribution in [2.24, 2.45) is 4.99 Å². The van der Waals surface area contributed by atoms with Crippen LogP contribution in [0.5, 0.6) is 0 Å². The van der Waals surface area contributed by atoms with E-state index in [4.69, 9.17) is 0 Å². The van der Waals surface area contributed by atoms with Crippen molar-refractivity contribution in [3.05, 3.63) is 35.0 Å². The third-order valence-corrected chi connectivity index (χ3v) is 2.85. The largest absolute Gasteiger partial charge is 0.294 e. The first kappa shape index (κ1) is 13.6.